The summed E-state index contributed by atoms with van der Waals surface area (Å²) in [6.07, 6.45) is -8.00. The molecule has 10 rings (SSSR count). The highest BCUT2D eigenvalue weighted by Gasteiger charge is 2.22. The third kappa shape index (κ3) is 11.6. The second-order valence-corrected chi connectivity index (χ2v) is 14.7. The van der Waals surface area contributed by atoms with E-state index < -0.39 is 12.4 Å². The van der Waals surface area contributed by atoms with Crippen LogP contribution in [0.25, 0.3) is 101 Å². The van der Waals surface area contributed by atoms with Gasteiger partial charge in [0.05, 0.1) is 67.3 Å². The first-order valence-corrected chi connectivity index (χ1v) is 21.0. The van der Waals surface area contributed by atoms with E-state index in [4.69, 9.17) is 29.9 Å². The monoisotopic (exact) mass is 888 g/mol. The number of hydrogen-bond acceptors (Lipinski definition) is 6. The fourth-order valence-electron chi connectivity index (χ4n) is 7.03. The van der Waals surface area contributed by atoms with Gasteiger partial charge in [-0.05, 0) is 54.6 Å². The Morgan fingerprint density at radius 2 is 0.409 bits per heavy atom. The van der Waals surface area contributed by atoms with Gasteiger partial charge in [0.25, 0.3) is 0 Å². The van der Waals surface area contributed by atoms with Crippen molar-refractivity contribution < 1.29 is 26.3 Å². The fraction of sp³-hybridized carbons (Fsp3) is 0.111. The van der Waals surface area contributed by atoms with Crippen LogP contribution in [0.5, 0.6) is 0 Å². The Bertz CT molecular complexity index is 2850. The number of para-hydroxylation sites is 6. The molecule has 0 aliphatic rings. The predicted molar refractivity (Wildman–Crippen MR) is 253 cm³/mol. The van der Waals surface area contributed by atoms with Crippen molar-refractivity contribution in [3.63, 3.8) is 0 Å². The van der Waals surface area contributed by atoms with Gasteiger partial charge in [-0.25, -0.2) is 29.9 Å². The standard InChI is InChI=1S/C48H30N6.2C2H3F3.C2H6/c1-4-16-31(17-5-1)43-46(52-40-25-13-10-22-37(40)49-43)34-28-35(47-44(32-18-6-2-7-19-32)50-38-23-11-14-26-41(38)53-47)30-36(29-34)48-45(33-20-8-3-9-21-33)51-39-24-12-15-27-42(39)54-48;2*1-2(3,4)5;1-2/h1-30H;2*1H3;1-2H3. The van der Waals surface area contributed by atoms with Crippen LogP contribution in [0.1, 0.15) is 27.7 Å². The van der Waals surface area contributed by atoms with Gasteiger partial charge in [0.2, 0.25) is 0 Å². The average Bonchev–Trinajstić information content (AvgIpc) is 3.33. The largest absolute Gasteiger partial charge is 0.386 e. The molecule has 0 radical (unpaired) electrons. The van der Waals surface area contributed by atoms with Crippen LogP contribution < -0.4 is 0 Å². The molecule has 330 valence electrons. The first-order valence-electron chi connectivity index (χ1n) is 21.0. The van der Waals surface area contributed by atoms with Gasteiger partial charge in [-0.15, -0.1) is 0 Å². The molecule has 3 heterocycles. The lowest BCUT2D eigenvalue weighted by Crippen LogP contribution is -2.00. The Kier molecular flexibility index (Phi) is 14.2. The number of alkyl halides is 6. The van der Waals surface area contributed by atoms with Crippen molar-refractivity contribution >= 4 is 33.1 Å². The van der Waals surface area contributed by atoms with Gasteiger partial charge in [-0.3, -0.25) is 0 Å². The number of benzene rings is 7. The van der Waals surface area contributed by atoms with Crippen molar-refractivity contribution in [2.75, 3.05) is 0 Å². The number of aromatic nitrogens is 6. The first-order chi connectivity index (χ1) is 31.7. The third-order valence-corrected chi connectivity index (χ3v) is 9.61. The van der Waals surface area contributed by atoms with Crippen LogP contribution >= 0.6 is 0 Å². The van der Waals surface area contributed by atoms with E-state index in [1.54, 1.807) is 0 Å². The minimum Gasteiger partial charge on any atom is -0.244 e. The zero-order chi connectivity index (χ0) is 46.8. The van der Waals surface area contributed by atoms with E-state index >= 15 is 0 Å². The van der Waals surface area contributed by atoms with Crippen LogP contribution in [-0.2, 0) is 0 Å². The Labute approximate surface area is 377 Å². The van der Waals surface area contributed by atoms with Gasteiger partial charge in [-0.1, -0.05) is 141 Å². The molecule has 0 fully saturated rings. The quantitative estimate of drug-likeness (QED) is 0.155. The Hall–Kier alpha value is -7.86. The summed E-state index contributed by atoms with van der Waals surface area (Å²) in [5.74, 6) is 0. The molecule has 0 bridgehead atoms. The summed E-state index contributed by atoms with van der Waals surface area (Å²) in [5.41, 5.74) is 15.1. The highest BCUT2D eigenvalue weighted by atomic mass is 19.4. The summed E-state index contributed by atoms with van der Waals surface area (Å²) in [5, 5.41) is 0. The molecule has 0 atom stereocenters. The second-order valence-electron chi connectivity index (χ2n) is 14.7. The number of fused-ring (bicyclic) bond motifs is 3. The van der Waals surface area contributed by atoms with Crippen molar-refractivity contribution in [2.45, 2.75) is 40.0 Å². The van der Waals surface area contributed by atoms with Gasteiger partial charge >= 0.3 is 12.4 Å². The molecule has 66 heavy (non-hydrogen) atoms. The third-order valence-electron chi connectivity index (χ3n) is 9.61. The number of nitrogens with zero attached hydrogens (tertiary/aromatic N) is 6. The van der Waals surface area contributed by atoms with Crippen molar-refractivity contribution in [2.24, 2.45) is 0 Å². The Morgan fingerprint density at radius 3 is 0.591 bits per heavy atom. The van der Waals surface area contributed by atoms with Crippen molar-refractivity contribution in [1.82, 2.24) is 29.9 Å². The molecule has 0 aliphatic heterocycles. The molecule has 0 unspecified atom stereocenters. The summed E-state index contributed by atoms with van der Waals surface area (Å²) < 4.78 is 62.1. The molecular weight excluding hydrogens is 847 g/mol. The molecule has 3 aromatic heterocycles. The molecule has 6 nitrogen and oxygen atoms in total. The van der Waals surface area contributed by atoms with E-state index in [2.05, 4.69) is 54.6 Å². The lowest BCUT2D eigenvalue weighted by Gasteiger charge is -2.17. The van der Waals surface area contributed by atoms with E-state index in [-0.39, 0.29) is 13.8 Å². The fourth-order valence-corrected chi connectivity index (χ4v) is 7.03. The Balaban J connectivity index is 0.000000486. The van der Waals surface area contributed by atoms with Crippen LogP contribution in [0, 0.1) is 0 Å². The van der Waals surface area contributed by atoms with Gasteiger partial charge in [0.1, 0.15) is 0 Å². The van der Waals surface area contributed by atoms with E-state index in [0.29, 0.717) is 0 Å². The van der Waals surface area contributed by atoms with Gasteiger partial charge < -0.3 is 0 Å². The zero-order valence-corrected chi connectivity index (χ0v) is 36.3. The summed E-state index contributed by atoms with van der Waals surface area (Å²) >= 11 is 0. The minimum absolute atomic E-state index is 0.188. The maximum atomic E-state index is 10.4. The maximum Gasteiger partial charge on any atom is 0.386 e. The average molecular weight is 889 g/mol. The molecule has 7 aromatic carbocycles. The summed E-state index contributed by atoms with van der Waals surface area (Å²) in [6, 6.07) is 61.3. The molecule has 0 saturated carbocycles. The van der Waals surface area contributed by atoms with E-state index in [9.17, 15) is 26.3 Å². The lowest BCUT2D eigenvalue weighted by molar-refractivity contribution is -0.111. The normalized spacial score (nSPS) is 11.2. The second kappa shape index (κ2) is 20.3. The number of rotatable bonds is 6. The minimum atomic E-state index is -4.00. The van der Waals surface area contributed by atoms with E-state index in [1.165, 1.54) is 0 Å². The maximum absolute atomic E-state index is 10.4. The summed E-state index contributed by atoms with van der Waals surface area (Å²) in [7, 11) is 0. The predicted octanol–water partition coefficient (Wildman–Crippen LogP) is 15.7. The van der Waals surface area contributed by atoms with Crippen molar-refractivity contribution in [1.29, 1.82) is 0 Å². The van der Waals surface area contributed by atoms with Crippen LogP contribution in [0.15, 0.2) is 182 Å². The molecule has 10 aromatic rings. The number of hydrogen-bond donors (Lipinski definition) is 0. The molecule has 0 spiro atoms. The van der Waals surface area contributed by atoms with Gasteiger partial charge in [-0.2, -0.15) is 26.3 Å². The van der Waals surface area contributed by atoms with Crippen molar-refractivity contribution in [3.8, 4) is 67.5 Å². The number of halogens is 6. The topological polar surface area (TPSA) is 77.3 Å². The zero-order valence-electron chi connectivity index (χ0n) is 36.3. The molecule has 0 N–H and O–H groups in total. The lowest BCUT2D eigenvalue weighted by atomic mass is 9.93. The molecule has 0 saturated heterocycles. The molecule has 0 aliphatic carbocycles. The highest BCUT2D eigenvalue weighted by molar-refractivity contribution is 5.94. The van der Waals surface area contributed by atoms with E-state index in [1.807, 2.05) is 141 Å². The molecular formula is C54H42F6N6. The van der Waals surface area contributed by atoms with Crippen LogP contribution in [0.3, 0.4) is 0 Å². The molecule has 12 heteroatoms. The van der Waals surface area contributed by atoms with Crippen LogP contribution in [0.4, 0.5) is 26.3 Å². The van der Waals surface area contributed by atoms with Gasteiger partial charge in [0.15, 0.2) is 0 Å². The summed E-state index contributed by atoms with van der Waals surface area (Å²) in [4.78, 5) is 31.6. The Morgan fingerprint density at radius 1 is 0.258 bits per heavy atom. The SMILES string of the molecule is CC.CC(F)(F)F.CC(F)(F)F.c1ccc(-c2nc3ccccc3nc2-c2cc(-c3nc4ccccc4nc3-c3ccccc3)cc(-c3nc4ccccc4nc3-c3ccccc3)c2)cc1. The van der Waals surface area contributed by atoms with Gasteiger partial charge in [0, 0.05) is 47.2 Å². The first kappa shape index (κ1) is 46.1. The van der Waals surface area contributed by atoms with Crippen LogP contribution in [0.2, 0.25) is 0 Å². The van der Waals surface area contributed by atoms with E-state index in [0.717, 1.165) is 101 Å². The summed E-state index contributed by atoms with van der Waals surface area (Å²) in [6.45, 7) is 4.38. The smallest absolute Gasteiger partial charge is 0.244 e. The molecule has 0 amide bonds. The van der Waals surface area contributed by atoms with Crippen molar-refractivity contribution in [3.05, 3.63) is 182 Å². The van der Waals surface area contributed by atoms with Crippen LogP contribution in [-0.4, -0.2) is 42.3 Å². The highest BCUT2D eigenvalue weighted by Crippen LogP contribution is 2.41.